The van der Waals surface area contributed by atoms with Crippen LogP contribution in [0.15, 0.2) is 41.3 Å². The molecule has 0 heterocycles. The quantitative estimate of drug-likeness (QED) is 0.404. The minimum absolute atomic E-state index is 0.110. The summed E-state index contributed by atoms with van der Waals surface area (Å²) in [6, 6.07) is 12.0. The summed E-state index contributed by atoms with van der Waals surface area (Å²) in [7, 11) is 0. The van der Waals surface area contributed by atoms with Gasteiger partial charge in [-0.05, 0) is 42.0 Å². The van der Waals surface area contributed by atoms with E-state index in [0.29, 0.717) is 0 Å². The van der Waals surface area contributed by atoms with Crippen molar-refractivity contribution in [2.24, 2.45) is 0 Å². The lowest BCUT2D eigenvalue weighted by Gasteiger charge is -2.25. The summed E-state index contributed by atoms with van der Waals surface area (Å²) in [5.74, 6) is 0.732. The van der Waals surface area contributed by atoms with E-state index in [1.54, 1.807) is 0 Å². The van der Waals surface area contributed by atoms with Gasteiger partial charge in [0.25, 0.3) is 5.69 Å². The van der Waals surface area contributed by atoms with Crippen molar-refractivity contribution < 1.29 is 4.92 Å². The van der Waals surface area contributed by atoms with Crippen molar-refractivity contribution in [2.45, 2.75) is 50.7 Å². The van der Waals surface area contributed by atoms with E-state index >= 15 is 0 Å². The van der Waals surface area contributed by atoms with Gasteiger partial charge in [0.15, 0.2) is 0 Å². The topological polar surface area (TPSA) is 43.1 Å². The fourth-order valence-corrected chi connectivity index (χ4v) is 4.30. The molecule has 23 heavy (non-hydrogen) atoms. The average Bonchev–Trinajstić information content (AvgIpc) is 2.43. The lowest BCUT2D eigenvalue weighted by atomic mass is 9.81. The molecule has 0 amide bonds. The molecule has 0 aliphatic rings. The van der Waals surface area contributed by atoms with Crippen molar-refractivity contribution in [2.75, 3.05) is 0 Å². The molecule has 0 bridgehead atoms. The van der Waals surface area contributed by atoms with E-state index < -0.39 is 0 Å². The van der Waals surface area contributed by atoms with E-state index in [2.05, 4.69) is 20.8 Å². The average molecular weight is 329 g/mol. The molecule has 0 aromatic heterocycles. The summed E-state index contributed by atoms with van der Waals surface area (Å²) in [5, 5.41) is 11.6. The van der Waals surface area contributed by atoms with Crippen LogP contribution >= 0.6 is 11.8 Å². The molecule has 0 aliphatic heterocycles. The molecule has 2 aromatic rings. The van der Waals surface area contributed by atoms with Gasteiger partial charge in [0.1, 0.15) is 0 Å². The van der Waals surface area contributed by atoms with Crippen molar-refractivity contribution >= 4 is 17.4 Å². The highest BCUT2D eigenvalue weighted by Gasteiger charge is 2.28. The first-order chi connectivity index (χ1) is 10.7. The maximum Gasteiger partial charge on any atom is 0.286 e. The number of aryl methyl sites for hydroxylation is 1. The fraction of sp³-hybridized carbons (Fsp3) is 0.368. The smallest absolute Gasteiger partial charge is 0.258 e. The van der Waals surface area contributed by atoms with Crippen LogP contribution < -0.4 is 0 Å². The maximum absolute atomic E-state index is 11.6. The molecule has 3 nitrogen and oxygen atoms in total. The number of nitrogens with zero attached hydrogens (tertiary/aromatic N) is 1. The van der Waals surface area contributed by atoms with Crippen LogP contribution in [-0.2, 0) is 11.2 Å². The molecule has 0 N–H and O–H groups in total. The van der Waals surface area contributed by atoms with Gasteiger partial charge in [0.05, 0.1) is 9.82 Å². The third kappa shape index (κ3) is 3.94. The second-order valence-corrected chi connectivity index (χ2v) is 7.84. The summed E-state index contributed by atoms with van der Waals surface area (Å²) in [6.07, 6.45) is 0. The standard InChI is InChI=1S/C19H23NO2S/c1-13-11-16(23-12-15-9-7-6-8-10-15)18(20(21)22)14(2)17(13)19(3,4)5/h6-11H,12H2,1-5H3. The Bertz CT molecular complexity index is 718. The van der Waals surface area contributed by atoms with E-state index in [0.717, 1.165) is 27.3 Å². The molecule has 2 aromatic carbocycles. The van der Waals surface area contributed by atoms with Crippen LogP contribution in [0.2, 0.25) is 0 Å². The van der Waals surface area contributed by atoms with Crippen LogP contribution in [0.1, 0.15) is 43.0 Å². The fourth-order valence-electron chi connectivity index (χ4n) is 3.16. The van der Waals surface area contributed by atoms with Gasteiger partial charge < -0.3 is 0 Å². The molecule has 0 unspecified atom stereocenters. The highest BCUT2D eigenvalue weighted by atomic mass is 32.2. The highest BCUT2D eigenvalue weighted by Crippen LogP contribution is 2.41. The predicted molar refractivity (Wildman–Crippen MR) is 97.3 cm³/mol. The monoisotopic (exact) mass is 329 g/mol. The molecule has 0 fully saturated rings. The van der Waals surface area contributed by atoms with Crippen molar-refractivity contribution in [3.63, 3.8) is 0 Å². The number of nitro groups is 1. The Morgan fingerprint density at radius 3 is 2.26 bits per heavy atom. The number of thioether (sulfide) groups is 1. The number of nitro benzene ring substituents is 1. The van der Waals surface area contributed by atoms with Gasteiger partial charge in [-0.2, -0.15) is 0 Å². The zero-order valence-corrected chi connectivity index (χ0v) is 15.2. The normalized spacial score (nSPS) is 11.5. The van der Waals surface area contributed by atoms with Gasteiger partial charge >= 0.3 is 0 Å². The van der Waals surface area contributed by atoms with Gasteiger partial charge in [-0.1, -0.05) is 51.1 Å². The van der Waals surface area contributed by atoms with Crippen LogP contribution in [-0.4, -0.2) is 4.92 Å². The molecular formula is C19H23NO2S. The first-order valence-corrected chi connectivity index (χ1v) is 8.66. The van der Waals surface area contributed by atoms with E-state index in [-0.39, 0.29) is 16.0 Å². The second kappa shape index (κ2) is 6.75. The van der Waals surface area contributed by atoms with Crippen molar-refractivity contribution in [1.29, 1.82) is 0 Å². The second-order valence-electron chi connectivity index (χ2n) is 6.82. The van der Waals surface area contributed by atoms with Crippen LogP contribution in [0.4, 0.5) is 5.69 Å². The molecule has 122 valence electrons. The molecule has 0 spiro atoms. The lowest BCUT2D eigenvalue weighted by Crippen LogP contribution is -2.16. The van der Waals surface area contributed by atoms with Crippen LogP contribution in [0.25, 0.3) is 0 Å². The molecule has 0 saturated heterocycles. The maximum atomic E-state index is 11.6. The Kier molecular flexibility index (Phi) is 5.15. The first kappa shape index (κ1) is 17.5. The molecular weight excluding hydrogens is 306 g/mol. The Hall–Kier alpha value is -1.81. The molecule has 0 saturated carbocycles. The first-order valence-electron chi connectivity index (χ1n) is 7.67. The van der Waals surface area contributed by atoms with Crippen LogP contribution in [0.3, 0.4) is 0 Å². The van der Waals surface area contributed by atoms with Crippen LogP contribution in [0.5, 0.6) is 0 Å². The van der Waals surface area contributed by atoms with E-state index in [1.807, 2.05) is 50.2 Å². The number of hydrogen-bond donors (Lipinski definition) is 0. The summed E-state index contributed by atoms with van der Waals surface area (Å²) in [5.41, 5.74) is 4.30. The van der Waals surface area contributed by atoms with Crippen LogP contribution in [0, 0.1) is 24.0 Å². The number of benzene rings is 2. The largest absolute Gasteiger partial charge is 0.286 e. The third-order valence-electron chi connectivity index (χ3n) is 3.88. The summed E-state index contributed by atoms with van der Waals surface area (Å²) in [4.78, 5) is 12.1. The molecule has 4 heteroatoms. The summed E-state index contributed by atoms with van der Waals surface area (Å²) >= 11 is 1.53. The number of rotatable bonds is 4. The Morgan fingerprint density at radius 2 is 1.74 bits per heavy atom. The van der Waals surface area contributed by atoms with Crippen molar-refractivity contribution in [1.82, 2.24) is 0 Å². The highest BCUT2D eigenvalue weighted by molar-refractivity contribution is 7.98. The lowest BCUT2D eigenvalue weighted by molar-refractivity contribution is -0.388. The van der Waals surface area contributed by atoms with Gasteiger partial charge in [-0.15, -0.1) is 11.8 Å². The SMILES string of the molecule is Cc1cc(SCc2ccccc2)c([N+](=O)[O-])c(C)c1C(C)(C)C. The van der Waals surface area contributed by atoms with Gasteiger partial charge in [0, 0.05) is 11.3 Å². The van der Waals surface area contributed by atoms with E-state index in [9.17, 15) is 10.1 Å². The molecule has 2 rings (SSSR count). The van der Waals surface area contributed by atoms with E-state index in [4.69, 9.17) is 0 Å². The van der Waals surface area contributed by atoms with Crippen molar-refractivity contribution in [3.8, 4) is 0 Å². The third-order valence-corrected chi connectivity index (χ3v) is 4.98. The number of hydrogen-bond acceptors (Lipinski definition) is 3. The Balaban J connectivity index is 2.46. The van der Waals surface area contributed by atoms with Gasteiger partial charge in [0.2, 0.25) is 0 Å². The minimum atomic E-state index is -0.239. The summed E-state index contributed by atoms with van der Waals surface area (Å²) in [6.45, 7) is 10.2. The van der Waals surface area contributed by atoms with Gasteiger partial charge in [-0.3, -0.25) is 10.1 Å². The molecule has 0 aliphatic carbocycles. The minimum Gasteiger partial charge on any atom is -0.258 e. The zero-order chi connectivity index (χ0) is 17.2. The van der Waals surface area contributed by atoms with E-state index in [1.165, 1.54) is 17.3 Å². The van der Waals surface area contributed by atoms with Crippen molar-refractivity contribution in [3.05, 3.63) is 68.8 Å². The Morgan fingerprint density at radius 1 is 1.13 bits per heavy atom. The Labute approximate surface area is 142 Å². The molecule has 0 atom stereocenters. The summed E-state index contributed by atoms with van der Waals surface area (Å²) < 4.78 is 0. The van der Waals surface area contributed by atoms with Gasteiger partial charge in [-0.25, -0.2) is 0 Å². The molecule has 0 radical (unpaired) electrons. The predicted octanol–water partition coefficient (Wildman–Crippen LogP) is 5.80. The zero-order valence-electron chi connectivity index (χ0n) is 14.3.